The summed E-state index contributed by atoms with van der Waals surface area (Å²) in [4.78, 5) is 11.7. The van der Waals surface area contributed by atoms with Crippen LogP contribution in [0, 0.1) is 5.82 Å². The summed E-state index contributed by atoms with van der Waals surface area (Å²) in [6.07, 6.45) is 1.04. The molecule has 0 fully saturated rings. The average molecular weight is 309 g/mol. The molecule has 0 aliphatic rings. The first-order valence-electron chi connectivity index (χ1n) is 5.38. The lowest BCUT2D eigenvalue weighted by Crippen LogP contribution is -2.37. The quantitative estimate of drug-likeness (QED) is 0.855. The molecule has 0 aliphatic carbocycles. The van der Waals surface area contributed by atoms with Gasteiger partial charge in [0.05, 0.1) is 22.5 Å². The smallest absolute Gasteiger partial charge is 0.241 e. The Balaban J connectivity index is 2.66. The number of carbonyl (C=O) groups is 1. The lowest BCUT2D eigenvalue weighted by atomic mass is 10.2. The van der Waals surface area contributed by atoms with Crippen molar-refractivity contribution in [1.29, 1.82) is 0 Å². The second-order valence-corrected chi connectivity index (χ2v) is 6.81. The number of hydrogen-bond donors (Lipinski definition) is 2. The number of rotatable bonds is 5. The second kappa shape index (κ2) is 6.31. The molecule has 1 atom stereocenters. The van der Waals surface area contributed by atoms with Gasteiger partial charge in [0.15, 0.2) is 0 Å². The third-order valence-corrected chi connectivity index (χ3v) is 3.63. The van der Waals surface area contributed by atoms with Crippen LogP contribution in [0.1, 0.15) is 6.42 Å². The Labute approximate surface area is 115 Å². The highest BCUT2D eigenvalue weighted by molar-refractivity contribution is 7.90. The van der Waals surface area contributed by atoms with Crippen LogP contribution in [0.4, 0.5) is 10.1 Å². The van der Waals surface area contributed by atoms with Gasteiger partial charge >= 0.3 is 0 Å². The van der Waals surface area contributed by atoms with Gasteiger partial charge in [-0.05, 0) is 24.6 Å². The summed E-state index contributed by atoms with van der Waals surface area (Å²) in [5, 5.41) is 2.53. The van der Waals surface area contributed by atoms with Crippen LogP contribution in [0.2, 0.25) is 5.02 Å². The molecule has 1 amide bonds. The van der Waals surface area contributed by atoms with Gasteiger partial charge in [-0.2, -0.15) is 0 Å². The molecular formula is C11H14ClFN2O3S. The van der Waals surface area contributed by atoms with Gasteiger partial charge in [-0.3, -0.25) is 4.79 Å². The molecule has 19 heavy (non-hydrogen) atoms. The Hall–Kier alpha value is -1.18. The molecule has 5 nitrogen and oxygen atoms in total. The van der Waals surface area contributed by atoms with Gasteiger partial charge in [-0.15, -0.1) is 0 Å². The van der Waals surface area contributed by atoms with E-state index in [0.29, 0.717) is 0 Å². The summed E-state index contributed by atoms with van der Waals surface area (Å²) in [5.41, 5.74) is 5.65. The molecular weight excluding hydrogens is 295 g/mol. The third kappa shape index (κ3) is 5.54. The van der Waals surface area contributed by atoms with E-state index < -0.39 is 27.6 Å². The number of benzene rings is 1. The van der Waals surface area contributed by atoms with Crippen molar-refractivity contribution in [3.8, 4) is 0 Å². The second-order valence-electron chi connectivity index (χ2n) is 4.14. The van der Waals surface area contributed by atoms with E-state index >= 15 is 0 Å². The van der Waals surface area contributed by atoms with Crippen LogP contribution in [0.5, 0.6) is 0 Å². The molecule has 8 heteroatoms. The minimum Gasteiger partial charge on any atom is -0.323 e. The Bertz CT molecular complexity index is 577. The van der Waals surface area contributed by atoms with Crippen molar-refractivity contribution in [3.05, 3.63) is 29.0 Å². The normalized spacial score (nSPS) is 13.1. The van der Waals surface area contributed by atoms with Crippen LogP contribution < -0.4 is 11.1 Å². The number of nitrogens with one attached hydrogen (secondary N) is 1. The molecule has 1 unspecified atom stereocenters. The van der Waals surface area contributed by atoms with E-state index in [-0.39, 0.29) is 22.9 Å². The Morgan fingerprint density at radius 2 is 2.16 bits per heavy atom. The molecule has 0 bridgehead atoms. The fourth-order valence-electron chi connectivity index (χ4n) is 1.29. The minimum absolute atomic E-state index is 0.0163. The molecule has 106 valence electrons. The number of amides is 1. The van der Waals surface area contributed by atoms with Crippen LogP contribution in [0.25, 0.3) is 0 Å². The van der Waals surface area contributed by atoms with Gasteiger partial charge in [0, 0.05) is 6.26 Å². The minimum atomic E-state index is -3.19. The van der Waals surface area contributed by atoms with Crippen molar-refractivity contribution in [2.24, 2.45) is 5.73 Å². The molecule has 1 aromatic rings. The van der Waals surface area contributed by atoms with Gasteiger partial charge in [0.2, 0.25) is 5.91 Å². The van der Waals surface area contributed by atoms with Crippen LogP contribution in [0.15, 0.2) is 18.2 Å². The van der Waals surface area contributed by atoms with Crippen molar-refractivity contribution < 1.29 is 17.6 Å². The van der Waals surface area contributed by atoms with Crippen molar-refractivity contribution in [3.63, 3.8) is 0 Å². The summed E-state index contributed by atoms with van der Waals surface area (Å²) in [6, 6.07) is 2.51. The maximum Gasteiger partial charge on any atom is 0.241 e. The summed E-state index contributed by atoms with van der Waals surface area (Å²) >= 11 is 5.78. The predicted octanol–water partition coefficient (Wildman–Crippen LogP) is 1.18. The van der Waals surface area contributed by atoms with Crippen LogP contribution >= 0.6 is 11.6 Å². The SMILES string of the molecule is CS(=O)(=O)CCC(N)C(=O)Nc1cc(F)ccc1Cl. The predicted molar refractivity (Wildman–Crippen MR) is 72.3 cm³/mol. The average Bonchev–Trinajstić information content (AvgIpc) is 2.29. The standard InChI is InChI=1S/C11H14ClFN2O3S/c1-19(17,18)5-4-9(14)11(16)15-10-6-7(13)2-3-8(10)12/h2-3,6,9H,4-5,14H2,1H3,(H,15,16). The summed E-state index contributed by atoms with van der Waals surface area (Å²) in [5.74, 6) is -1.36. The topological polar surface area (TPSA) is 89.3 Å². The van der Waals surface area contributed by atoms with E-state index in [0.717, 1.165) is 18.4 Å². The molecule has 3 N–H and O–H groups in total. The molecule has 0 saturated carbocycles. The first-order chi connectivity index (χ1) is 8.69. The zero-order valence-corrected chi connectivity index (χ0v) is 11.8. The maximum atomic E-state index is 13.0. The Morgan fingerprint density at radius 1 is 1.53 bits per heavy atom. The summed E-state index contributed by atoms with van der Waals surface area (Å²) in [6.45, 7) is 0. The molecule has 0 spiro atoms. The van der Waals surface area contributed by atoms with Crippen molar-refractivity contribution >= 4 is 33.0 Å². The number of halogens is 2. The highest BCUT2D eigenvalue weighted by Crippen LogP contribution is 2.22. The van der Waals surface area contributed by atoms with Crippen LogP contribution in [-0.2, 0) is 14.6 Å². The summed E-state index contributed by atoms with van der Waals surface area (Å²) in [7, 11) is -3.19. The van der Waals surface area contributed by atoms with Crippen molar-refractivity contribution in [2.45, 2.75) is 12.5 Å². The first kappa shape index (κ1) is 15.9. The Morgan fingerprint density at radius 3 is 2.74 bits per heavy atom. The van der Waals surface area contributed by atoms with Crippen LogP contribution in [-0.4, -0.2) is 32.4 Å². The van der Waals surface area contributed by atoms with Gasteiger partial charge in [-0.1, -0.05) is 11.6 Å². The zero-order chi connectivity index (χ0) is 14.6. The van der Waals surface area contributed by atoms with E-state index in [1.807, 2.05) is 0 Å². The van der Waals surface area contributed by atoms with E-state index in [4.69, 9.17) is 17.3 Å². The summed E-state index contributed by atoms with van der Waals surface area (Å²) < 4.78 is 34.9. The number of sulfone groups is 1. The number of carbonyl (C=O) groups excluding carboxylic acids is 1. The largest absolute Gasteiger partial charge is 0.323 e. The van der Waals surface area contributed by atoms with Gasteiger partial charge in [0.25, 0.3) is 0 Å². The highest BCUT2D eigenvalue weighted by Gasteiger charge is 2.17. The lowest BCUT2D eigenvalue weighted by molar-refractivity contribution is -0.117. The number of nitrogens with two attached hydrogens (primary N) is 1. The molecule has 1 rings (SSSR count). The maximum absolute atomic E-state index is 13.0. The molecule has 0 aliphatic heterocycles. The van der Waals surface area contributed by atoms with Gasteiger partial charge < -0.3 is 11.1 Å². The van der Waals surface area contributed by atoms with Gasteiger partial charge in [-0.25, -0.2) is 12.8 Å². The molecule has 1 aromatic carbocycles. The van der Waals surface area contributed by atoms with Crippen LogP contribution in [0.3, 0.4) is 0 Å². The first-order valence-corrected chi connectivity index (χ1v) is 7.82. The van der Waals surface area contributed by atoms with Gasteiger partial charge in [0.1, 0.15) is 15.7 Å². The Kier molecular flexibility index (Phi) is 5.28. The lowest BCUT2D eigenvalue weighted by Gasteiger charge is -2.12. The molecule has 0 aromatic heterocycles. The highest BCUT2D eigenvalue weighted by atomic mass is 35.5. The third-order valence-electron chi connectivity index (χ3n) is 2.32. The number of hydrogen-bond acceptors (Lipinski definition) is 4. The van der Waals surface area contributed by atoms with E-state index in [2.05, 4.69) is 5.32 Å². The fraction of sp³-hybridized carbons (Fsp3) is 0.364. The van der Waals surface area contributed by atoms with E-state index in [9.17, 15) is 17.6 Å². The van der Waals surface area contributed by atoms with Crippen molar-refractivity contribution in [1.82, 2.24) is 0 Å². The zero-order valence-electron chi connectivity index (χ0n) is 10.2. The van der Waals surface area contributed by atoms with E-state index in [1.165, 1.54) is 6.07 Å². The number of anilines is 1. The monoisotopic (exact) mass is 308 g/mol. The molecule has 0 saturated heterocycles. The van der Waals surface area contributed by atoms with Crippen molar-refractivity contribution in [2.75, 3.05) is 17.3 Å². The molecule has 0 heterocycles. The van der Waals surface area contributed by atoms with E-state index in [1.54, 1.807) is 0 Å². The fourth-order valence-corrected chi connectivity index (χ4v) is 2.14. The molecule has 0 radical (unpaired) electrons.